The average molecular weight is 141 g/mol. The molecule has 48 valence electrons. The second kappa shape index (κ2) is 2.59. The van der Waals surface area contributed by atoms with Crippen molar-refractivity contribution in [1.29, 1.82) is 0 Å². The van der Waals surface area contributed by atoms with E-state index in [2.05, 4.69) is 21.3 Å². The molecule has 0 aliphatic heterocycles. The van der Waals surface area contributed by atoms with Crippen LogP contribution >= 0.6 is 11.5 Å². The lowest BCUT2D eigenvalue weighted by atomic mass is 10.6. The van der Waals surface area contributed by atoms with E-state index in [4.69, 9.17) is 0 Å². The number of allylic oxidation sites excluding steroid dienone is 1. The first-order valence-electron chi connectivity index (χ1n) is 2.48. The van der Waals surface area contributed by atoms with E-state index < -0.39 is 0 Å². The average Bonchev–Trinajstić information content (AvgIpc) is 2.15. The van der Waals surface area contributed by atoms with Crippen LogP contribution in [0.3, 0.4) is 0 Å². The van der Waals surface area contributed by atoms with E-state index in [1.54, 1.807) is 0 Å². The van der Waals surface area contributed by atoms with Gasteiger partial charge in [0.25, 0.3) is 0 Å². The summed E-state index contributed by atoms with van der Waals surface area (Å²) in [4.78, 5) is 3.89. The highest BCUT2D eigenvalue weighted by Crippen LogP contribution is 2.07. The molecule has 0 amide bonds. The molecule has 0 saturated carbocycles. The van der Waals surface area contributed by atoms with Gasteiger partial charge in [-0.25, -0.2) is 4.98 Å². The molecule has 0 radical (unpaired) electrons. The van der Waals surface area contributed by atoms with Gasteiger partial charge < -0.3 is 5.32 Å². The lowest BCUT2D eigenvalue weighted by Crippen LogP contribution is -1.91. The predicted molar refractivity (Wildman–Crippen MR) is 38.3 cm³/mol. The van der Waals surface area contributed by atoms with Crippen molar-refractivity contribution in [2.24, 2.45) is 0 Å². The Morgan fingerprint density at radius 2 is 2.67 bits per heavy atom. The van der Waals surface area contributed by atoms with Gasteiger partial charge in [-0.05, 0) is 6.92 Å². The van der Waals surface area contributed by atoms with Crippen LogP contribution in [0.25, 0.3) is 0 Å². The molecular weight excluding hydrogens is 134 g/mol. The molecule has 0 aliphatic carbocycles. The third-order valence-electron chi connectivity index (χ3n) is 0.682. The Hall–Kier alpha value is -0.900. The number of hydrogen-bond donors (Lipinski definition) is 1. The van der Waals surface area contributed by atoms with E-state index in [0.29, 0.717) is 0 Å². The van der Waals surface area contributed by atoms with Crippen molar-refractivity contribution in [2.45, 2.75) is 6.92 Å². The van der Waals surface area contributed by atoms with E-state index in [0.717, 1.165) is 10.8 Å². The normalized spacial score (nSPS) is 9.00. The van der Waals surface area contributed by atoms with Crippen LogP contribution in [0.2, 0.25) is 0 Å². The molecule has 0 aliphatic rings. The van der Waals surface area contributed by atoms with Crippen LogP contribution in [0.15, 0.2) is 18.6 Å². The topological polar surface area (TPSA) is 37.8 Å². The molecule has 3 nitrogen and oxygen atoms in total. The fraction of sp³-hybridized carbons (Fsp3) is 0.200. The molecule has 0 fully saturated rings. The zero-order chi connectivity index (χ0) is 6.69. The predicted octanol–water partition coefficient (Wildman–Crippen LogP) is 1.48. The first-order valence-corrected chi connectivity index (χ1v) is 3.25. The highest BCUT2D eigenvalue weighted by Gasteiger charge is 1.91. The van der Waals surface area contributed by atoms with Crippen molar-refractivity contribution < 1.29 is 0 Å². The van der Waals surface area contributed by atoms with Crippen molar-refractivity contribution in [2.75, 3.05) is 5.32 Å². The minimum Gasteiger partial charge on any atom is -0.335 e. The van der Waals surface area contributed by atoms with Gasteiger partial charge in [0.2, 0.25) is 5.13 Å². The molecule has 1 heterocycles. The van der Waals surface area contributed by atoms with E-state index in [-0.39, 0.29) is 0 Å². The molecule has 1 N–H and O–H groups in total. The van der Waals surface area contributed by atoms with Crippen LogP contribution in [0.5, 0.6) is 0 Å². The van der Waals surface area contributed by atoms with Gasteiger partial charge in [0.1, 0.15) is 6.33 Å². The molecule has 1 rings (SSSR count). The summed E-state index contributed by atoms with van der Waals surface area (Å²) in [5, 5.41) is 3.73. The minimum atomic E-state index is 0.794. The smallest absolute Gasteiger partial charge is 0.206 e. The summed E-state index contributed by atoms with van der Waals surface area (Å²) in [7, 11) is 0. The molecule has 9 heavy (non-hydrogen) atoms. The molecule has 0 unspecified atom stereocenters. The fourth-order valence-electron chi connectivity index (χ4n) is 0.411. The van der Waals surface area contributed by atoms with Gasteiger partial charge in [-0.1, -0.05) is 6.58 Å². The molecule has 0 saturated heterocycles. The fourth-order valence-corrected chi connectivity index (χ4v) is 0.919. The third-order valence-corrected chi connectivity index (χ3v) is 1.26. The molecular formula is C5H7N3S. The van der Waals surface area contributed by atoms with Crippen molar-refractivity contribution in [3.05, 3.63) is 18.6 Å². The van der Waals surface area contributed by atoms with Crippen LogP contribution in [0.1, 0.15) is 6.92 Å². The van der Waals surface area contributed by atoms with Crippen molar-refractivity contribution in [1.82, 2.24) is 9.36 Å². The second-order valence-corrected chi connectivity index (χ2v) is 2.43. The lowest BCUT2D eigenvalue weighted by Gasteiger charge is -1.95. The number of nitrogens with one attached hydrogen (secondary N) is 1. The number of hydrogen-bond acceptors (Lipinski definition) is 4. The third kappa shape index (κ3) is 1.81. The van der Waals surface area contributed by atoms with E-state index in [1.165, 1.54) is 17.9 Å². The molecule has 4 heteroatoms. The summed E-state index contributed by atoms with van der Waals surface area (Å²) in [6.45, 7) is 5.53. The molecule has 1 aromatic rings. The largest absolute Gasteiger partial charge is 0.335 e. The summed E-state index contributed by atoms with van der Waals surface area (Å²) in [6, 6.07) is 0. The summed E-state index contributed by atoms with van der Waals surface area (Å²) in [5.41, 5.74) is 0.881. The van der Waals surface area contributed by atoms with Gasteiger partial charge in [-0.2, -0.15) is 4.37 Å². The maximum absolute atomic E-state index is 3.89. The van der Waals surface area contributed by atoms with Crippen molar-refractivity contribution in [3.8, 4) is 0 Å². The first-order chi connectivity index (χ1) is 4.29. The minimum absolute atomic E-state index is 0.794. The molecule has 1 aromatic heterocycles. The SMILES string of the molecule is C=C(C)Nc1ncns1. The van der Waals surface area contributed by atoms with Crippen LogP contribution in [0.4, 0.5) is 5.13 Å². The van der Waals surface area contributed by atoms with Crippen LogP contribution < -0.4 is 5.32 Å². The Balaban J connectivity index is 2.58. The zero-order valence-electron chi connectivity index (χ0n) is 5.09. The molecule has 0 spiro atoms. The van der Waals surface area contributed by atoms with Gasteiger partial charge in [-0.3, -0.25) is 0 Å². The Morgan fingerprint density at radius 1 is 1.89 bits per heavy atom. The van der Waals surface area contributed by atoms with Gasteiger partial charge >= 0.3 is 0 Å². The van der Waals surface area contributed by atoms with E-state index >= 15 is 0 Å². The number of nitrogens with zero attached hydrogens (tertiary/aromatic N) is 2. The Morgan fingerprint density at radius 3 is 3.11 bits per heavy atom. The monoisotopic (exact) mass is 141 g/mol. The highest BCUT2D eigenvalue weighted by atomic mass is 32.1. The molecule has 0 atom stereocenters. The Kier molecular flexibility index (Phi) is 1.79. The summed E-state index contributed by atoms with van der Waals surface area (Å²) in [6.07, 6.45) is 1.51. The van der Waals surface area contributed by atoms with Crippen LogP contribution in [-0.2, 0) is 0 Å². The summed E-state index contributed by atoms with van der Waals surface area (Å²) < 4.78 is 3.80. The Labute approximate surface area is 57.6 Å². The molecule has 0 aromatic carbocycles. The van der Waals surface area contributed by atoms with Crippen LogP contribution in [-0.4, -0.2) is 9.36 Å². The first kappa shape index (κ1) is 6.22. The second-order valence-electron chi connectivity index (χ2n) is 1.65. The quantitative estimate of drug-likeness (QED) is 0.678. The maximum atomic E-state index is 3.89. The number of rotatable bonds is 2. The molecule has 0 bridgehead atoms. The summed E-state index contributed by atoms with van der Waals surface area (Å²) >= 11 is 1.32. The number of anilines is 1. The van der Waals surface area contributed by atoms with Gasteiger partial charge in [-0.15, -0.1) is 0 Å². The maximum Gasteiger partial charge on any atom is 0.206 e. The van der Waals surface area contributed by atoms with Gasteiger partial charge in [0.05, 0.1) is 0 Å². The van der Waals surface area contributed by atoms with Crippen molar-refractivity contribution >= 4 is 16.7 Å². The van der Waals surface area contributed by atoms with Gasteiger partial charge in [0, 0.05) is 17.2 Å². The summed E-state index contributed by atoms with van der Waals surface area (Å²) in [5.74, 6) is 0. The Bertz CT molecular complexity index is 192. The standard InChI is InChI=1S/C5H7N3S/c1-4(2)8-5-6-3-7-9-5/h3H,1H2,2H3,(H,6,7,8). The number of aromatic nitrogens is 2. The lowest BCUT2D eigenvalue weighted by molar-refractivity contribution is 1.29. The van der Waals surface area contributed by atoms with Gasteiger partial charge in [0.15, 0.2) is 0 Å². The van der Waals surface area contributed by atoms with Crippen molar-refractivity contribution in [3.63, 3.8) is 0 Å². The van der Waals surface area contributed by atoms with Crippen LogP contribution in [0, 0.1) is 0 Å². The van der Waals surface area contributed by atoms with E-state index in [9.17, 15) is 0 Å². The zero-order valence-corrected chi connectivity index (χ0v) is 5.90. The van der Waals surface area contributed by atoms with E-state index in [1.807, 2.05) is 6.92 Å². The highest BCUT2D eigenvalue weighted by molar-refractivity contribution is 7.09.